The molecule has 0 unspecified atom stereocenters. The number of hydrogen-bond acceptors (Lipinski definition) is 2. The van der Waals surface area contributed by atoms with Gasteiger partial charge in [0, 0.05) is 16.6 Å². The molecule has 0 atom stereocenters. The van der Waals surface area contributed by atoms with Gasteiger partial charge in [-0.25, -0.2) is 0 Å². The molecule has 1 N–H and O–H groups in total. The first-order chi connectivity index (χ1) is 8.02. The molecule has 1 aromatic carbocycles. The number of hydrogen-bond donors (Lipinski definition) is 1. The third-order valence-electron chi connectivity index (χ3n) is 2.73. The molecule has 0 aliphatic carbocycles. The van der Waals surface area contributed by atoms with Crippen molar-refractivity contribution in [3.05, 3.63) is 33.6 Å². The molecule has 0 saturated carbocycles. The van der Waals surface area contributed by atoms with Crippen LogP contribution in [0.3, 0.4) is 0 Å². The van der Waals surface area contributed by atoms with E-state index in [1.807, 2.05) is 29.7 Å². The van der Waals surface area contributed by atoms with E-state index in [0.29, 0.717) is 4.77 Å². The zero-order valence-electron chi connectivity index (χ0n) is 9.99. The molecular formula is C12H14ClN3S. The van der Waals surface area contributed by atoms with E-state index in [4.69, 9.17) is 23.8 Å². The summed E-state index contributed by atoms with van der Waals surface area (Å²) in [5, 5.41) is 7.88. The van der Waals surface area contributed by atoms with E-state index in [-0.39, 0.29) is 6.04 Å². The summed E-state index contributed by atoms with van der Waals surface area (Å²) in [5.41, 5.74) is 2.03. The lowest BCUT2D eigenvalue weighted by Gasteiger charge is -2.12. The first kappa shape index (κ1) is 12.3. The van der Waals surface area contributed by atoms with Crippen molar-refractivity contribution in [1.82, 2.24) is 14.8 Å². The third-order valence-corrected chi connectivity index (χ3v) is 3.43. The summed E-state index contributed by atoms with van der Waals surface area (Å²) in [5.74, 6) is 0.838. The maximum absolute atomic E-state index is 6.13. The van der Waals surface area contributed by atoms with Gasteiger partial charge in [0.2, 0.25) is 0 Å². The van der Waals surface area contributed by atoms with Crippen LogP contribution < -0.4 is 0 Å². The molecule has 0 bridgehead atoms. The lowest BCUT2D eigenvalue weighted by Crippen LogP contribution is -2.04. The first-order valence-electron chi connectivity index (χ1n) is 5.44. The zero-order valence-corrected chi connectivity index (χ0v) is 11.6. The molecule has 0 aliphatic rings. The van der Waals surface area contributed by atoms with Crippen LogP contribution in [0.1, 0.15) is 25.5 Å². The second-order valence-electron chi connectivity index (χ2n) is 4.23. The fraction of sp³-hybridized carbons (Fsp3) is 0.333. The molecule has 0 saturated heterocycles. The second kappa shape index (κ2) is 4.63. The summed E-state index contributed by atoms with van der Waals surface area (Å²) >= 11 is 11.4. The van der Waals surface area contributed by atoms with Crippen LogP contribution in [0.2, 0.25) is 5.02 Å². The Morgan fingerprint density at radius 2 is 2.12 bits per heavy atom. The summed E-state index contributed by atoms with van der Waals surface area (Å²) < 4.78 is 2.63. The minimum atomic E-state index is 0.259. The summed E-state index contributed by atoms with van der Waals surface area (Å²) in [4.78, 5) is 0. The van der Waals surface area contributed by atoms with E-state index in [1.54, 1.807) is 0 Å². The monoisotopic (exact) mass is 267 g/mol. The number of H-pyrrole nitrogens is 1. The summed E-state index contributed by atoms with van der Waals surface area (Å²) in [7, 11) is 0. The average molecular weight is 268 g/mol. The van der Waals surface area contributed by atoms with E-state index in [2.05, 4.69) is 24.0 Å². The Bertz CT molecular complexity index is 598. The largest absolute Gasteiger partial charge is 0.298 e. The number of aromatic amines is 1. The van der Waals surface area contributed by atoms with E-state index < -0.39 is 0 Å². The summed E-state index contributed by atoms with van der Waals surface area (Å²) in [6, 6.07) is 6.06. The highest BCUT2D eigenvalue weighted by Gasteiger charge is 2.14. The lowest BCUT2D eigenvalue weighted by atomic mass is 10.1. The van der Waals surface area contributed by atoms with Gasteiger partial charge in [0.1, 0.15) is 0 Å². The molecule has 2 rings (SSSR count). The van der Waals surface area contributed by atoms with Crippen LogP contribution in [-0.2, 0) is 0 Å². The normalized spacial score (nSPS) is 11.1. The van der Waals surface area contributed by atoms with Gasteiger partial charge in [0.25, 0.3) is 0 Å². The summed E-state index contributed by atoms with van der Waals surface area (Å²) in [6.45, 7) is 6.14. The topological polar surface area (TPSA) is 33.6 Å². The quantitative estimate of drug-likeness (QED) is 0.830. The average Bonchev–Trinajstić information content (AvgIpc) is 2.64. The molecule has 17 heavy (non-hydrogen) atoms. The smallest absolute Gasteiger partial charge is 0.195 e. The van der Waals surface area contributed by atoms with Crippen molar-refractivity contribution in [3.63, 3.8) is 0 Å². The fourth-order valence-electron chi connectivity index (χ4n) is 1.82. The van der Waals surface area contributed by atoms with Crippen molar-refractivity contribution in [2.45, 2.75) is 26.8 Å². The van der Waals surface area contributed by atoms with E-state index in [9.17, 15) is 0 Å². The maximum Gasteiger partial charge on any atom is 0.195 e. The number of halogens is 1. The molecule has 3 nitrogen and oxygen atoms in total. The van der Waals surface area contributed by atoms with Crippen LogP contribution >= 0.6 is 23.8 Å². The van der Waals surface area contributed by atoms with Crippen LogP contribution in [0, 0.1) is 11.7 Å². The summed E-state index contributed by atoms with van der Waals surface area (Å²) in [6.07, 6.45) is 0. The molecule has 5 heteroatoms. The molecule has 1 heterocycles. The highest BCUT2D eigenvalue weighted by molar-refractivity contribution is 7.71. The van der Waals surface area contributed by atoms with Crippen molar-refractivity contribution in [2.75, 3.05) is 0 Å². The SMILES string of the molecule is Cc1c(Cl)cccc1-c1n[nH]c(=S)n1C(C)C. The fourth-order valence-corrected chi connectivity index (χ4v) is 2.34. The predicted octanol–water partition coefficient (Wildman–Crippen LogP) is 4.15. The van der Waals surface area contributed by atoms with Gasteiger partial charge in [-0.15, -0.1) is 0 Å². The lowest BCUT2D eigenvalue weighted by molar-refractivity contribution is 0.597. The highest BCUT2D eigenvalue weighted by Crippen LogP contribution is 2.28. The molecule has 90 valence electrons. The van der Waals surface area contributed by atoms with Crippen LogP contribution in [-0.4, -0.2) is 14.8 Å². The number of nitrogens with zero attached hydrogens (tertiary/aromatic N) is 2. The molecule has 2 aromatic rings. The molecule has 0 aliphatic heterocycles. The van der Waals surface area contributed by atoms with Gasteiger partial charge in [0.15, 0.2) is 10.6 Å². The standard InChI is InChI=1S/C12H14ClN3S/c1-7(2)16-11(14-15-12(16)17)9-5-4-6-10(13)8(9)3/h4-7H,1-3H3,(H,15,17). The molecule has 0 amide bonds. The van der Waals surface area contributed by atoms with Crippen molar-refractivity contribution in [1.29, 1.82) is 0 Å². The van der Waals surface area contributed by atoms with Gasteiger partial charge in [-0.2, -0.15) is 5.10 Å². The van der Waals surface area contributed by atoms with Crippen molar-refractivity contribution in [3.8, 4) is 11.4 Å². The number of nitrogens with one attached hydrogen (secondary N) is 1. The Kier molecular flexibility index (Phi) is 3.35. The Morgan fingerprint density at radius 3 is 2.76 bits per heavy atom. The van der Waals surface area contributed by atoms with Gasteiger partial charge < -0.3 is 0 Å². The van der Waals surface area contributed by atoms with Gasteiger partial charge in [-0.05, 0) is 44.6 Å². The third kappa shape index (κ3) is 2.15. The molecule has 0 fully saturated rings. The van der Waals surface area contributed by atoms with Crippen molar-refractivity contribution in [2.24, 2.45) is 0 Å². The van der Waals surface area contributed by atoms with Gasteiger partial charge in [-0.3, -0.25) is 9.67 Å². The molecule has 0 radical (unpaired) electrons. The molecule has 1 aromatic heterocycles. The Labute approximate surface area is 110 Å². The number of benzene rings is 1. The number of rotatable bonds is 2. The Balaban J connectivity index is 2.69. The van der Waals surface area contributed by atoms with Crippen LogP contribution in [0.25, 0.3) is 11.4 Å². The van der Waals surface area contributed by atoms with Crippen LogP contribution in [0.15, 0.2) is 18.2 Å². The van der Waals surface area contributed by atoms with Gasteiger partial charge >= 0.3 is 0 Å². The Hall–Kier alpha value is -1.13. The minimum absolute atomic E-state index is 0.259. The highest BCUT2D eigenvalue weighted by atomic mass is 35.5. The first-order valence-corrected chi connectivity index (χ1v) is 6.23. The Morgan fingerprint density at radius 1 is 1.41 bits per heavy atom. The second-order valence-corrected chi connectivity index (χ2v) is 5.02. The van der Waals surface area contributed by atoms with Gasteiger partial charge in [0.05, 0.1) is 0 Å². The maximum atomic E-state index is 6.13. The van der Waals surface area contributed by atoms with Crippen LogP contribution in [0.5, 0.6) is 0 Å². The minimum Gasteiger partial charge on any atom is -0.298 e. The van der Waals surface area contributed by atoms with E-state index in [0.717, 1.165) is 22.0 Å². The number of aromatic nitrogens is 3. The zero-order chi connectivity index (χ0) is 12.6. The predicted molar refractivity (Wildman–Crippen MR) is 73.0 cm³/mol. The van der Waals surface area contributed by atoms with Crippen molar-refractivity contribution < 1.29 is 0 Å². The van der Waals surface area contributed by atoms with Crippen LogP contribution in [0.4, 0.5) is 0 Å². The molecular weight excluding hydrogens is 254 g/mol. The molecule has 0 spiro atoms. The van der Waals surface area contributed by atoms with Crippen molar-refractivity contribution >= 4 is 23.8 Å². The van der Waals surface area contributed by atoms with E-state index in [1.165, 1.54) is 0 Å². The van der Waals surface area contributed by atoms with Gasteiger partial charge in [-0.1, -0.05) is 23.7 Å². The van der Waals surface area contributed by atoms with E-state index >= 15 is 0 Å².